The Morgan fingerprint density at radius 3 is 2.22 bits per heavy atom. The SMILES string of the molecule is COc1nc(C2CC2)nc(OCC(F)(F)F)c1CN1CC2CN(C(=O)c3cnccn3)CCN2C(C(c2ccccc2)c2ccccc2)C1. The van der Waals surface area contributed by atoms with Gasteiger partial charge in [-0.3, -0.25) is 19.6 Å². The number of methoxy groups -OCH3 is 1. The molecule has 2 unspecified atom stereocenters. The Hall–Kier alpha value is -4.62. The van der Waals surface area contributed by atoms with Crippen LogP contribution in [0, 0.1) is 0 Å². The van der Waals surface area contributed by atoms with E-state index in [-0.39, 0.29) is 53.8 Å². The highest BCUT2D eigenvalue weighted by molar-refractivity contribution is 5.92. The van der Waals surface area contributed by atoms with E-state index in [0.29, 0.717) is 44.1 Å². The lowest BCUT2D eigenvalue weighted by Gasteiger charge is -2.53. The van der Waals surface area contributed by atoms with Gasteiger partial charge in [-0.15, -0.1) is 0 Å². The molecule has 7 rings (SSSR count). The highest BCUT2D eigenvalue weighted by atomic mass is 19.4. The van der Waals surface area contributed by atoms with E-state index < -0.39 is 12.8 Å². The lowest BCUT2D eigenvalue weighted by Crippen LogP contribution is -2.67. The minimum Gasteiger partial charge on any atom is -0.481 e. The summed E-state index contributed by atoms with van der Waals surface area (Å²) in [4.78, 5) is 37.5. The van der Waals surface area contributed by atoms with Crippen molar-refractivity contribution in [2.24, 2.45) is 0 Å². The minimum atomic E-state index is -4.54. The van der Waals surface area contributed by atoms with Crippen molar-refractivity contribution in [3.8, 4) is 11.8 Å². The molecule has 1 saturated carbocycles. The maximum absolute atomic E-state index is 13.5. The van der Waals surface area contributed by atoms with Crippen molar-refractivity contribution in [1.82, 2.24) is 34.6 Å². The molecular formula is C36H38F3N7O3. The van der Waals surface area contributed by atoms with Crippen molar-refractivity contribution in [3.63, 3.8) is 0 Å². The third-order valence-corrected chi connectivity index (χ3v) is 9.48. The van der Waals surface area contributed by atoms with Gasteiger partial charge in [0.05, 0.1) is 18.9 Å². The lowest BCUT2D eigenvalue weighted by atomic mass is 9.81. The van der Waals surface area contributed by atoms with Crippen LogP contribution in [0.15, 0.2) is 79.3 Å². The second-order valence-electron chi connectivity index (χ2n) is 12.8. The van der Waals surface area contributed by atoms with Crippen LogP contribution >= 0.6 is 0 Å². The molecule has 3 fully saturated rings. The molecule has 2 saturated heterocycles. The fraction of sp³-hybridized carbons (Fsp3) is 0.417. The Balaban J connectivity index is 1.25. The molecule has 4 aromatic rings. The summed E-state index contributed by atoms with van der Waals surface area (Å²) in [6.07, 6.45) is 1.73. The van der Waals surface area contributed by atoms with E-state index in [1.165, 1.54) is 25.7 Å². The number of halogens is 3. The summed E-state index contributed by atoms with van der Waals surface area (Å²) < 4.78 is 51.2. The molecule has 0 spiro atoms. The van der Waals surface area contributed by atoms with Crippen molar-refractivity contribution in [1.29, 1.82) is 0 Å². The van der Waals surface area contributed by atoms with Gasteiger partial charge in [-0.05, 0) is 24.0 Å². The third kappa shape index (κ3) is 7.52. The maximum atomic E-state index is 13.5. The molecule has 1 amide bonds. The standard InChI is InChI=1S/C36H38F3N7O3/c1-48-33-28(34(49-23-36(37,38)39)43-32(42-33)26-12-13-26)21-44-19-27-20-45(35(47)29-18-40-14-15-41-29)16-17-46(27)30(22-44)31(24-8-4-2-5-9-24)25-10-6-3-7-11-25/h2-11,14-15,18,26-27,30-31H,12-13,16-17,19-23H2,1H3. The fourth-order valence-electron chi connectivity index (χ4n) is 7.13. The average molecular weight is 674 g/mol. The first-order chi connectivity index (χ1) is 23.8. The molecule has 0 bridgehead atoms. The van der Waals surface area contributed by atoms with Crippen LogP contribution in [-0.2, 0) is 6.54 Å². The summed E-state index contributed by atoms with van der Waals surface area (Å²) in [6.45, 7) is 1.50. The molecule has 3 aliphatic rings. The lowest BCUT2D eigenvalue weighted by molar-refractivity contribution is -0.154. The number of aromatic nitrogens is 4. The van der Waals surface area contributed by atoms with Gasteiger partial charge in [0.1, 0.15) is 11.5 Å². The molecule has 49 heavy (non-hydrogen) atoms. The molecule has 1 aliphatic carbocycles. The van der Waals surface area contributed by atoms with Crippen molar-refractivity contribution >= 4 is 5.91 Å². The van der Waals surface area contributed by atoms with Gasteiger partial charge in [0, 0.05) is 75.6 Å². The highest BCUT2D eigenvalue weighted by Gasteiger charge is 2.44. The van der Waals surface area contributed by atoms with Crippen molar-refractivity contribution in [2.45, 2.75) is 49.5 Å². The van der Waals surface area contributed by atoms with E-state index in [4.69, 9.17) is 9.47 Å². The zero-order valence-corrected chi connectivity index (χ0v) is 27.2. The number of piperazine rings is 2. The molecule has 0 N–H and O–H groups in total. The number of rotatable bonds is 10. The van der Waals surface area contributed by atoms with Gasteiger partial charge in [-0.1, -0.05) is 60.7 Å². The number of carbonyl (C=O) groups excluding carboxylic acids is 1. The van der Waals surface area contributed by atoms with E-state index in [1.807, 2.05) is 41.3 Å². The third-order valence-electron chi connectivity index (χ3n) is 9.48. The van der Waals surface area contributed by atoms with E-state index >= 15 is 0 Å². The number of nitrogens with zero attached hydrogens (tertiary/aromatic N) is 7. The van der Waals surface area contributed by atoms with Gasteiger partial charge in [0.15, 0.2) is 6.61 Å². The molecule has 4 heterocycles. The first-order valence-corrected chi connectivity index (χ1v) is 16.5. The first-order valence-electron chi connectivity index (χ1n) is 16.5. The maximum Gasteiger partial charge on any atom is 0.422 e. The fourth-order valence-corrected chi connectivity index (χ4v) is 7.13. The Bertz CT molecular complexity index is 1690. The molecule has 13 heteroatoms. The van der Waals surface area contributed by atoms with Gasteiger partial charge in [0.25, 0.3) is 5.91 Å². The van der Waals surface area contributed by atoms with Crippen molar-refractivity contribution in [3.05, 3.63) is 107 Å². The zero-order chi connectivity index (χ0) is 34.0. The molecular weight excluding hydrogens is 635 g/mol. The van der Waals surface area contributed by atoms with Crippen LogP contribution in [0.25, 0.3) is 0 Å². The van der Waals surface area contributed by atoms with E-state index in [0.717, 1.165) is 24.0 Å². The monoisotopic (exact) mass is 673 g/mol. The largest absolute Gasteiger partial charge is 0.481 e. The number of hydrogen-bond acceptors (Lipinski definition) is 9. The van der Waals surface area contributed by atoms with Gasteiger partial charge in [-0.25, -0.2) is 4.98 Å². The average Bonchev–Trinajstić information content (AvgIpc) is 3.98. The van der Waals surface area contributed by atoms with Crippen LogP contribution in [0.4, 0.5) is 13.2 Å². The van der Waals surface area contributed by atoms with Crippen molar-refractivity contribution in [2.75, 3.05) is 46.4 Å². The highest BCUT2D eigenvalue weighted by Crippen LogP contribution is 2.42. The first kappa shape index (κ1) is 32.9. The zero-order valence-electron chi connectivity index (χ0n) is 27.2. The number of amides is 1. The van der Waals surface area contributed by atoms with Crippen LogP contribution in [0.1, 0.15) is 57.7 Å². The Morgan fingerprint density at radius 2 is 1.61 bits per heavy atom. The molecule has 10 nitrogen and oxygen atoms in total. The Kier molecular flexibility index (Phi) is 9.46. The van der Waals surface area contributed by atoms with Gasteiger partial charge in [-0.2, -0.15) is 23.1 Å². The van der Waals surface area contributed by atoms with Crippen LogP contribution < -0.4 is 9.47 Å². The number of carbonyl (C=O) groups is 1. The van der Waals surface area contributed by atoms with Crippen LogP contribution in [0.5, 0.6) is 11.8 Å². The van der Waals surface area contributed by atoms with Crippen molar-refractivity contribution < 1.29 is 27.4 Å². The predicted molar refractivity (Wildman–Crippen MR) is 174 cm³/mol. The van der Waals surface area contributed by atoms with Gasteiger partial charge >= 0.3 is 6.18 Å². The summed E-state index contributed by atoms with van der Waals surface area (Å²) in [7, 11) is 1.47. The summed E-state index contributed by atoms with van der Waals surface area (Å²) in [5.41, 5.74) is 2.97. The number of ether oxygens (including phenoxy) is 2. The van der Waals surface area contributed by atoms with Gasteiger partial charge < -0.3 is 14.4 Å². The number of alkyl halides is 3. The molecule has 2 aromatic heterocycles. The van der Waals surface area contributed by atoms with E-state index in [9.17, 15) is 18.0 Å². The quantitative estimate of drug-likeness (QED) is 0.232. The normalized spacial score (nSPS) is 20.2. The van der Waals surface area contributed by atoms with Gasteiger partial charge in [0.2, 0.25) is 11.8 Å². The second kappa shape index (κ2) is 14.1. The molecule has 2 atom stereocenters. The summed E-state index contributed by atoms with van der Waals surface area (Å²) in [5.74, 6) is 0.444. The number of benzene rings is 2. The van der Waals surface area contributed by atoms with E-state index in [2.05, 4.69) is 54.0 Å². The smallest absolute Gasteiger partial charge is 0.422 e. The summed E-state index contributed by atoms with van der Waals surface area (Å²) >= 11 is 0. The van der Waals surface area contributed by atoms with Crippen LogP contribution in [0.2, 0.25) is 0 Å². The molecule has 0 radical (unpaired) electrons. The Morgan fingerprint density at radius 1 is 0.918 bits per heavy atom. The van der Waals surface area contributed by atoms with E-state index in [1.54, 1.807) is 0 Å². The number of hydrogen-bond donors (Lipinski definition) is 0. The molecule has 2 aromatic carbocycles. The Labute approximate surface area is 282 Å². The molecule has 256 valence electrons. The summed E-state index contributed by atoms with van der Waals surface area (Å²) in [5, 5.41) is 0. The minimum absolute atomic E-state index is 0.0220. The van der Waals surface area contributed by atoms with Crippen LogP contribution in [0.3, 0.4) is 0 Å². The number of fused-ring (bicyclic) bond motifs is 1. The second-order valence-corrected chi connectivity index (χ2v) is 12.8. The predicted octanol–water partition coefficient (Wildman–Crippen LogP) is 4.94. The molecule has 2 aliphatic heterocycles. The topological polar surface area (TPSA) is 96.8 Å². The van der Waals surface area contributed by atoms with Crippen LogP contribution in [-0.4, -0.2) is 105 Å². The summed E-state index contributed by atoms with van der Waals surface area (Å²) in [6, 6.07) is 20.6.